The van der Waals surface area contributed by atoms with Crippen LogP contribution in [-0.2, 0) is 4.79 Å². The minimum Gasteiger partial charge on any atom is -0.481 e. The van der Waals surface area contributed by atoms with Gasteiger partial charge in [-0.2, -0.15) is 0 Å². The van der Waals surface area contributed by atoms with Gasteiger partial charge in [-0.25, -0.2) is 4.79 Å². The van der Waals surface area contributed by atoms with E-state index in [-0.39, 0.29) is 17.9 Å². The molecule has 2 amide bonds. The predicted octanol–water partition coefficient (Wildman–Crippen LogP) is 1.02. The number of carboxylic acid groups (broad SMARTS) is 1. The molecular weight excluding hydrogens is 220 g/mol. The molecule has 0 bridgehead atoms. The summed E-state index contributed by atoms with van der Waals surface area (Å²) in [6.07, 6.45) is 4.99. The molecule has 1 fully saturated rings. The number of hydrogen-bond donors (Lipinski definition) is 1. The fourth-order valence-electron chi connectivity index (χ4n) is 2.20. The highest BCUT2D eigenvalue weighted by atomic mass is 16.4. The van der Waals surface area contributed by atoms with Crippen LogP contribution in [0, 0.1) is 11.8 Å². The first-order valence-electron chi connectivity index (χ1n) is 6.01. The van der Waals surface area contributed by atoms with Crippen molar-refractivity contribution < 1.29 is 14.7 Å². The number of amides is 2. The quantitative estimate of drug-likeness (QED) is 0.731. The van der Waals surface area contributed by atoms with E-state index in [2.05, 4.69) is 6.08 Å². The third-order valence-corrected chi connectivity index (χ3v) is 3.61. The zero-order chi connectivity index (χ0) is 12.4. The third kappa shape index (κ3) is 2.43. The van der Waals surface area contributed by atoms with E-state index in [1.807, 2.05) is 11.0 Å². The lowest BCUT2D eigenvalue weighted by atomic mass is 9.87. The summed E-state index contributed by atoms with van der Waals surface area (Å²) in [6.45, 7) is 4.30. The lowest BCUT2D eigenvalue weighted by molar-refractivity contribution is -0.144. The molecule has 17 heavy (non-hydrogen) atoms. The first-order chi connectivity index (χ1) is 8.09. The molecule has 2 rings (SSSR count). The van der Waals surface area contributed by atoms with Crippen molar-refractivity contribution in [3.63, 3.8) is 0 Å². The number of nitrogens with zero attached hydrogens (tertiary/aromatic N) is 2. The summed E-state index contributed by atoms with van der Waals surface area (Å²) in [6, 6.07) is 0.0446. The van der Waals surface area contributed by atoms with Gasteiger partial charge in [0.15, 0.2) is 0 Å². The van der Waals surface area contributed by atoms with Crippen LogP contribution >= 0.6 is 0 Å². The van der Waals surface area contributed by atoms with Crippen LogP contribution < -0.4 is 0 Å². The summed E-state index contributed by atoms with van der Waals surface area (Å²) in [7, 11) is 0. The maximum atomic E-state index is 12.0. The molecular formula is C12H18N2O3. The van der Waals surface area contributed by atoms with Crippen molar-refractivity contribution in [1.82, 2.24) is 9.80 Å². The molecule has 0 aromatic rings. The Balaban J connectivity index is 1.81. The second-order valence-electron chi connectivity index (χ2n) is 4.78. The normalized spacial score (nSPS) is 22.2. The number of likely N-dealkylation sites (tertiary alicyclic amines) is 1. The van der Waals surface area contributed by atoms with Crippen LogP contribution in [0.2, 0.25) is 0 Å². The van der Waals surface area contributed by atoms with Gasteiger partial charge in [0.1, 0.15) is 0 Å². The van der Waals surface area contributed by atoms with E-state index in [1.54, 1.807) is 11.8 Å². The molecule has 2 aliphatic heterocycles. The number of carbonyl (C=O) groups excluding carboxylic acids is 1. The molecule has 0 aromatic heterocycles. The maximum absolute atomic E-state index is 12.0. The van der Waals surface area contributed by atoms with Crippen molar-refractivity contribution in [3.05, 3.63) is 12.2 Å². The highest BCUT2D eigenvalue weighted by Crippen LogP contribution is 2.25. The van der Waals surface area contributed by atoms with Crippen LogP contribution in [0.4, 0.5) is 4.79 Å². The van der Waals surface area contributed by atoms with Gasteiger partial charge in [-0.3, -0.25) is 4.79 Å². The van der Waals surface area contributed by atoms with Gasteiger partial charge < -0.3 is 14.9 Å². The van der Waals surface area contributed by atoms with Crippen LogP contribution in [0.15, 0.2) is 12.2 Å². The number of hydrogen-bond acceptors (Lipinski definition) is 2. The topological polar surface area (TPSA) is 60.9 Å². The fraction of sp³-hybridized carbons (Fsp3) is 0.667. The summed E-state index contributed by atoms with van der Waals surface area (Å²) in [5, 5.41) is 8.87. The summed E-state index contributed by atoms with van der Waals surface area (Å²) in [5.41, 5.74) is 0. The van der Waals surface area contributed by atoms with Gasteiger partial charge in [0, 0.05) is 32.1 Å². The molecule has 2 aliphatic rings. The van der Waals surface area contributed by atoms with Gasteiger partial charge in [-0.15, -0.1) is 0 Å². The van der Waals surface area contributed by atoms with E-state index in [1.165, 1.54) is 0 Å². The number of carboxylic acids is 1. The Morgan fingerprint density at radius 3 is 2.53 bits per heavy atom. The zero-order valence-corrected chi connectivity index (χ0v) is 10.0. The van der Waals surface area contributed by atoms with Crippen molar-refractivity contribution >= 4 is 12.0 Å². The average Bonchev–Trinajstić information content (AvgIpc) is 2.27. The van der Waals surface area contributed by atoms with E-state index in [9.17, 15) is 9.59 Å². The van der Waals surface area contributed by atoms with E-state index >= 15 is 0 Å². The number of aliphatic carboxylic acids is 1. The molecule has 0 radical (unpaired) electrons. The van der Waals surface area contributed by atoms with Gasteiger partial charge in [-0.1, -0.05) is 19.1 Å². The second-order valence-corrected chi connectivity index (χ2v) is 4.78. The summed E-state index contributed by atoms with van der Waals surface area (Å²) >= 11 is 0. The van der Waals surface area contributed by atoms with Crippen molar-refractivity contribution in [2.45, 2.75) is 13.3 Å². The summed E-state index contributed by atoms with van der Waals surface area (Å²) in [5.74, 6) is -1.03. The Hall–Kier alpha value is -1.52. The Morgan fingerprint density at radius 1 is 1.29 bits per heavy atom. The van der Waals surface area contributed by atoms with Gasteiger partial charge >= 0.3 is 12.0 Å². The van der Waals surface area contributed by atoms with Crippen LogP contribution in [0.1, 0.15) is 13.3 Å². The van der Waals surface area contributed by atoms with Crippen LogP contribution in [0.5, 0.6) is 0 Å². The highest BCUT2D eigenvalue weighted by Gasteiger charge is 2.38. The molecule has 0 spiro atoms. The molecule has 0 aliphatic carbocycles. The van der Waals surface area contributed by atoms with Crippen LogP contribution in [0.25, 0.3) is 0 Å². The van der Waals surface area contributed by atoms with Gasteiger partial charge in [0.05, 0.1) is 5.92 Å². The van der Waals surface area contributed by atoms with Crippen molar-refractivity contribution in [2.75, 3.05) is 26.2 Å². The second kappa shape index (κ2) is 4.77. The van der Waals surface area contributed by atoms with Crippen LogP contribution in [-0.4, -0.2) is 53.1 Å². The maximum Gasteiger partial charge on any atom is 0.320 e. The van der Waals surface area contributed by atoms with Crippen LogP contribution in [0.3, 0.4) is 0 Å². The molecule has 94 valence electrons. The molecule has 5 nitrogen and oxygen atoms in total. The van der Waals surface area contributed by atoms with E-state index < -0.39 is 5.97 Å². The minimum absolute atomic E-state index is 0.0446. The highest BCUT2D eigenvalue weighted by molar-refractivity contribution is 5.76. The van der Waals surface area contributed by atoms with Crippen molar-refractivity contribution in [3.8, 4) is 0 Å². The average molecular weight is 238 g/mol. The standard InChI is InChI=1S/C12H18N2O3/c1-9(11(15)16)10-7-14(8-10)12(17)13-5-3-2-4-6-13/h2-3,9-10H,4-8H2,1H3,(H,15,16). The Bertz CT molecular complexity index is 348. The van der Waals surface area contributed by atoms with Crippen molar-refractivity contribution in [1.29, 1.82) is 0 Å². The third-order valence-electron chi connectivity index (χ3n) is 3.61. The van der Waals surface area contributed by atoms with E-state index in [4.69, 9.17) is 5.11 Å². The molecule has 1 saturated heterocycles. The minimum atomic E-state index is -0.775. The smallest absolute Gasteiger partial charge is 0.320 e. The molecule has 2 heterocycles. The largest absolute Gasteiger partial charge is 0.481 e. The van der Waals surface area contributed by atoms with E-state index in [0.717, 1.165) is 13.0 Å². The van der Waals surface area contributed by atoms with Crippen molar-refractivity contribution in [2.24, 2.45) is 11.8 Å². The molecule has 1 unspecified atom stereocenters. The lowest BCUT2D eigenvalue weighted by Crippen LogP contribution is -2.57. The molecule has 1 atom stereocenters. The number of rotatable bonds is 2. The Labute approximate surface area is 101 Å². The number of urea groups is 1. The predicted molar refractivity (Wildman–Crippen MR) is 62.6 cm³/mol. The Morgan fingerprint density at radius 2 is 2.00 bits per heavy atom. The summed E-state index contributed by atoms with van der Waals surface area (Å²) < 4.78 is 0. The lowest BCUT2D eigenvalue weighted by Gasteiger charge is -2.43. The Kier molecular flexibility index (Phi) is 3.36. The molecule has 1 N–H and O–H groups in total. The molecule has 0 saturated carbocycles. The number of carbonyl (C=O) groups is 2. The van der Waals surface area contributed by atoms with Gasteiger partial charge in [0.2, 0.25) is 0 Å². The first-order valence-corrected chi connectivity index (χ1v) is 6.01. The first kappa shape index (κ1) is 12.0. The zero-order valence-electron chi connectivity index (χ0n) is 10.0. The monoisotopic (exact) mass is 238 g/mol. The summed E-state index contributed by atoms with van der Waals surface area (Å²) in [4.78, 5) is 26.3. The van der Waals surface area contributed by atoms with Gasteiger partial charge in [0.25, 0.3) is 0 Å². The van der Waals surface area contributed by atoms with E-state index in [0.29, 0.717) is 19.6 Å². The molecule has 0 aromatic carbocycles. The SMILES string of the molecule is CC(C(=O)O)C1CN(C(=O)N2CC=CCC2)C1. The molecule has 5 heteroatoms. The van der Waals surface area contributed by atoms with Gasteiger partial charge in [-0.05, 0) is 6.42 Å². The fourth-order valence-corrected chi connectivity index (χ4v) is 2.20.